The number of rotatable bonds is 5. The second-order valence-corrected chi connectivity index (χ2v) is 7.15. The number of aromatic nitrogens is 2. The fourth-order valence-electron chi connectivity index (χ4n) is 3.74. The largest absolute Gasteiger partial charge is 0.378 e. The maximum absolute atomic E-state index is 13.9. The number of nitrogens with zero attached hydrogens (tertiary/aromatic N) is 4. The summed E-state index contributed by atoms with van der Waals surface area (Å²) in [7, 11) is 0. The van der Waals surface area contributed by atoms with Gasteiger partial charge >= 0.3 is 0 Å². The highest BCUT2D eigenvalue weighted by molar-refractivity contribution is 5.42. The van der Waals surface area contributed by atoms with E-state index in [0.717, 1.165) is 56.4 Å². The normalized spacial score (nSPS) is 21.2. The molecule has 0 bridgehead atoms. The molecular formula is C20H26FN5O. The van der Waals surface area contributed by atoms with Crippen LogP contribution in [0.1, 0.15) is 18.4 Å². The van der Waals surface area contributed by atoms with Gasteiger partial charge in [-0.15, -0.1) is 0 Å². The highest BCUT2D eigenvalue weighted by Gasteiger charge is 2.21. The van der Waals surface area contributed by atoms with E-state index in [9.17, 15) is 4.39 Å². The van der Waals surface area contributed by atoms with Gasteiger partial charge in [0.25, 0.3) is 0 Å². The summed E-state index contributed by atoms with van der Waals surface area (Å²) in [6.45, 7) is 5.60. The van der Waals surface area contributed by atoms with Gasteiger partial charge in [-0.25, -0.2) is 9.37 Å². The third kappa shape index (κ3) is 4.73. The van der Waals surface area contributed by atoms with Crippen molar-refractivity contribution in [1.29, 1.82) is 0 Å². The van der Waals surface area contributed by atoms with Crippen LogP contribution in [0, 0.1) is 5.82 Å². The van der Waals surface area contributed by atoms with Crippen molar-refractivity contribution in [2.75, 3.05) is 49.6 Å². The van der Waals surface area contributed by atoms with E-state index < -0.39 is 0 Å². The SMILES string of the molecule is Fc1ccccc1CN1CCCC(Nc2ccnc(N3CCOCC3)n2)C1. The second-order valence-electron chi connectivity index (χ2n) is 7.15. The Hall–Kier alpha value is -2.25. The van der Waals surface area contributed by atoms with Gasteiger partial charge in [0.05, 0.1) is 13.2 Å². The molecule has 0 amide bonds. The van der Waals surface area contributed by atoms with Gasteiger partial charge in [-0.1, -0.05) is 18.2 Å². The predicted octanol–water partition coefficient (Wildman–Crippen LogP) is 2.53. The molecule has 7 heteroatoms. The number of hydrogen-bond donors (Lipinski definition) is 1. The van der Waals surface area contributed by atoms with E-state index in [4.69, 9.17) is 4.74 Å². The van der Waals surface area contributed by atoms with Gasteiger partial charge in [0.1, 0.15) is 11.6 Å². The van der Waals surface area contributed by atoms with Crippen LogP contribution in [-0.2, 0) is 11.3 Å². The lowest BCUT2D eigenvalue weighted by Gasteiger charge is -2.33. The summed E-state index contributed by atoms with van der Waals surface area (Å²) < 4.78 is 19.3. The lowest BCUT2D eigenvalue weighted by molar-refractivity contribution is 0.122. The van der Waals surface area contributed by atoms with E-state index in [2.05, 4.69) is 25.1 Å². The van der Waals surface area contributed by atoms with Crippen LogP contribution in [0.4, 0.5) is 16.2 Å². The van der Waals surface area contributed by atoms with Gasteiger partial charge in [-0.05, 0) is 31.5 Å². The van der Waals surface area contributed by atoms with Crippen molar-refractivity contribution in [1.82, 2.24) is 14.9 Å². The number of halogens is 1. The molecule has 1 aromatic carbocycles. The minimum absolute atomic E-state index is 0.126. The summed E-state index contributed by atoms with van der Waals surface area (Å²) in [6.07, 6.45) is 3.98. The molecule has 0 aliphatic carbocycles. The van der Waals surface area contributed by atoms with E-state index >= 15 is 0 Å². The Morgan fingerprint density at radius 1 is 1.15 bits per heavy atom. The number of ether oxygens (including phenoxy) is 1. The first-order chi connectivity index (χ1) is 13.3. The molecule has 1 N–H and O–H groups in total. The Bertz CT molecular complexity index is 753. The number of likely N-dealkylation sites (tertiary alicyclic amines) is 1. The predicted molar refractivity (Wildman–Crippen MR) is 103 cm³/mol. The molecule has 4 rings (SSSR count). The average molecular weight is 371 g/mol. The summed E-state index contributed by atoms with van der Waals surface area (Å²) in [5.74, 6) is 1.48. The highest BCUT2D eigenvalue weighted by Crippen LogP contribution is 2.19. The number of piperidine rings is 1. The van der Waals surface area contributed by atoms with Crippen LogP contribution >= 0.6 is 0 Å². The van der Waals surface area contributed by atoms with Gasteiger partial charge in [-0.3, -0.25) is 4.90 Å². The lowest BCUT2D eigenvalue weighted by atomic mass is 10.0. The molecule has 2 aliphatic heterocycles. The fraction of sp³-hybridized carbons (Fsp3) is 0.500. The van der Waals surface area contributed by atoms with Crippen LogP contribution in [0.15, 0.2) is 36.5 Å². The van der Waals surface area contributed by atoms with E-state index in [1.807, 2.05) is 18.2 Å². The molecule has 1 aromatic heterocycles. The summed E-state index contributed by atoms with van der Waals surface area (Å²) in [6, 6.07) is 9.25. The standard InChI is InChI=1S/C20H26FN5O/c21-18-6-2-1-4-16(18)14-25-9-3-5-17(15-25)23-19-7-8-22-20(24-19)26-10-12-27-13-11-26/h1-2,4,6-8,17H,3,5,9-15H2,(H,22,23,24). The molecule has 3 heterocycles. The zero-order chi connectivity index (χ0) is 18.5. The van der Waals surface area contributed by atoms with Crippen LogP contribution in [0.5, 0.6) is 0 Å². The quantitative estimate of drug-likeness (QED) is 0.872. The van der Waals surface area contributed by atoms with Crippen LogP contribution in [0.25, 0.3) is 0 Å². The first-order valence-corrected chi connectivity index (χ1v) is 9.66. The third-order valence-electron chi connectivity index (χ3n) is 5.15. The average Bonchev–Trinajstić information content (AvgIpc) is 2.71. The number of benzene rings is 1. The number of nitrogens with one attached hydrogen (secondary N) is 1. The maximum Gasteiger partial charge on any atom is 0.227 e. The molecule has 27 heavy (non-hydrogen) atoms. The number of morpholine rings is 1. The number of hydrogen-bond acceptors (Lipinski definition) is 6. The molecule has 1 atom stereocenters. The van der Waals surface area contributed by atoms with Crippen LogP contribution < -0.4 is 10.2 Å². The smallest absolute Gasteiger partial charge is 0.227 e. The Morgan fingerprint density at radius 3 is 2.85 bits per heavy atom. The molecule has 2 fully saturated rings. The van der Waals surface area contributed by atoms with E-state index in [1.165, 1.54) is 6.07 Å². The molecule has 2 saturated heterocycles. The van der Waals surface area contributed by atoms with Crippen LogP contribution in [-0.4, -0.2) is 60.3 Å². The van der Waals surface area contributed by atoms with Gasteiger partial charge in [0.15, 0.2) is 0 Å². The van der Waals surface area contributed by atoms with E-state index in [1.54, 1.807) is 12.3 Å². The monoisotopic (exact) mass is 371 g/mol. The maximum atomic E-state index is 13.9. The Kier molecular flexibility index (Phi) is 5.79. The summed E-state index contributed by atoms with van der Waals surface area (Å²) in [5, 5.41) is 3.55. The van der Waals surface area contributed by atoms with Crippen molar-refractivity contribution in [2.24, 2.45) is 0 Å². The van der Waals surface area contributed by atoms with Gasteiger partial charge in [0, 0.05) is 44.0 Å². The summed E-state index contributed by atoms with van der Waals surface area (Å²) in [5.41, 5.74) is 0.759. The Balaban J connectivity index is 1.37. The van der Waals surface area contributed by atoms with Crippen molar-refractivity contribution in [3.63, 3.8) is 0 Å². The molecule has 144 valence electrons. The third-order valence-corrected chi connectivity index (χ3v) is 5.15. The molecule has 1 unspecified atom stereocenters. The first kappa shape index (κ1) is 18.1. The van der Waals surface area contributed by atoms with Crippen LogP contribution in [0.3, 0.4) is 0 Å². The van der Waals surface area contributed by atoms with Gasteiger partial charge < -0.3 is 15.0 Å². The first-order valence-electron chi connectivity index (χ1n) is 9.66. The van der Waals surface area contributed by atoms with Crippen molar-refractivity contribution in [3.8, 4) is 0 Å². The molecule has 2 aromatic rings. The zero-order valence-corrected chi connectivity index (χ0v) is 15.5. The van der Waals surface area contributed by atoms with E-state index in [0.29, 0.717) is 25.8 Å². The van der Waals surface area contributed by atoms with Crippen molar-refractivity contribution < 1.29 is 9.13 Å². The van der Waals surface area contributed by atoms with Gasteiger partial charge in [0.2, 0.25) is 5.95 Å². The Labute approximate surface area is 159 Å². The summed E-state index contributed by atoms with van der Waals surface area (Å²) >= 11 is 0. The van der Waals surface area contributed by atoms with Gasteiger partial charge in [-0.2, -0.15) is 4.98 Å². The minimum Gasteiger partial charge on any atom is -0.378 e. The molecule has 0 radical (unpaired) electrons. The van der Waals surface area contributed by atoms with Crippen LogP contribution in [0.2, 0.25) is 0 Å². The van der Waals surface area contributed by atoms with E-state index in [-0.39, 0.29) is 5.82 Å². The second kappa shape index (κ2) is 8.63. The lowest BCUT2D eigenvalue weighted by Crippen LogP contribution is -2.42. The minimum atomic E-state index is -0.126. The van der Waals surface area contributed by atoms with Crippen molar-refractivity contribution >= 4 is 11.8 Å². The number of anilines is 2. The van der Waals surface area contributed by atoms with Crippen molar-refractivity contribution in [2.45, 2.75) is 25.4 Å². The topological polar surface area (TPSA) is 53.5 Å². The molecular weight excluding hydrogens is 345 g/mol. The molecule has 0 saturated carbocycles. The fourth-order valence-corrected chi connectivity index (χ4v) is 3.74. The molecule has 0 spiro atoms. The summed E-state index contributed by atoms with van der Waals surface area (Å²) in [4.78, 5) is 13.5. The molecule has 2 aliphatic rings. The highest BCUT2D eigenvalue weighted by atomic mass is 19.1. The zero-order valence-electron chi connectivity index (χ0n) is 15.5. The Morgan fingerprint density at radius 2 is 2.00 bits per heavy atom. The van der Waals surface area contributed by atoms with Crippen molar-refractivity contribution in [3.05, 3.63) is 47.9 Å². The molecule has 6 nitrogen and oxygen atoms in total.